The predicted molar refractivity (Wildman–Crippen MR) is 112 cm³/mol. The highest BCUT2D eigenvalue weighted by atomic mass is 127. The lowest BCUT2D eigenvalue weighted by molar-refractivity contribution is 0.848. The second-order valence-corrected chi connectivity index (χ2v) is 5.97. The van der Waals surface area contributed by atoms with Crippen molar-refractivity contribution in [1.29, 1.82) is 0 Å². The number of rotatable bonds is 2. The molecular formula is C20H22IN3. The fourth-order valence-corrected chi connectivity index (χ4v) is 3.42. The summed E-state index contributed by atoms with van der Waals surface area (Å²) >= 11 is 0. The lowest BCUT2D eigenvalue weighted by atomic mass is 9.92. The Labute approximate surface area is 160 Å². The van der Waals surface area contributed by atoms with Crippen molar-refractivity contribution in [3.63, 3.8) is 0 Å². The van der Waals surface area contributed by atoms with E-state index in [2.05, 4.69) is 72.2 Å². The molecule has 124 valence electrons. The molecule has 0 amide bonds. The Balaban J connectivity index is 0.00000169. The van der Waals surface area contributed by atoms with E-state index in [4.69, 9.17) is 4.99 Å². The zero-order valence-electron chi connectivity index (χ0n) is 13.8. The van der Waals surface area contributed by atoms with E-state index in [1.807, 2.05) is 0 Å². The summed E-state index contributed by atoms with van der Waals surface area (Å²) in [4.78, 5) is 5.01. The number of aryl methyl sites for hydroxylation is 1. The minimum Gasteiger partial charge on any atom is -0.355 e. The van der Waals surface area contributed by atoms with Crippen LogP contribution in [0.4, 0.5) is 0 Å². The zero-order valence-corrected chi connectivity index (χ0v) is 16.1. The second kappa shape index (κ2) is 7.38. The topological polar surface area (TPSA) is 36.4 Å². The standard InChI is InChI=1S/C20H21N3.HI/c1-2-14-7-5-9-18-16(14)11-10-15-6-3-4-8-17(15)19(18)23-20-21-12-13-22-20;/h3-11,19H,2,12-13H2,1H3,(H2,21,22,23);1H. The second-order valence-electron chi connectivity index (χ2n) is 5.97. The van der Waals surface area contributed by atoms with Crippen LogP contribution in [0.1, 0.15) is 40.8 Å². The zero-order chi connectivity index (χ0) is 15.6. The number of hydrogen-bond donors (Lipinski definition) is 2. The molecule has 1 atom stereocenters. The van der Waals surface area contributed by atoms with Gasteiger partial charge < -0.3 is 10.6 Å². The van der Waals surface area contributed by atoms with Crippen molar-refractivity contribution in [3.05, 3.63) is 70.3 Å². The molecule has 0 saturated carbocycles. The summed E-state index contributed by atoms with van der Waals surface area (Å²) in [7, 11) is 0. The molecule has 1 heterocycles. The van der Waals surface area contributed by atoms with E-state index in [0.29, 0.717) is 0 Å². The third-order valence-electron chi connectivity index (χ3n) is 4.59. The number of halogens is 1. The highest BCUT2D eigenvalue weighted by Crippen LogP contribution is 2.36. The van der Waals surface area contributed by atoms with Crippen LogP contribution >= 0.6 is 24.0 Å². The molecule has 24 heavy (non-hydrogen) atoms. The van der Waals surface area contributed by atoms with Crippen molar-refractivity contribution in [2.45, 2.75) is 19.4 Å². The highest BCUT2D eigenvalue weighted by molar-refractivity contribution is 14.0. The summed E-state index contributed by atoms with van der Waals surface area (Å²) in [5, 5.41) is 6.67. The van der Waals surface area contributed by atoms with E-state index in [1.54, 1.807) is 0 Å². The summed E-state index contributed by atoms with van der Waals surface area (Å²) in [6.45, 7) is 4.09. The van der Waals surface area contributed by atoms with Crippen molar-refractivity contribution in [2.24, 2.45) is 4.99 Å². The normalized spacial score (nSPS) is 17.7. The summed E-state index contributed by atoms with van der Waals surface area (Å²) in [6.07, 6.45) is 5.51. The lowest BCUT2D eigenvalue weighted by Gasteiger charge is -2.18. The highest BCUT2D eigenvalue weighted by Gasteiger charge is 2.23. The van der Waals surface area contributed by atoms with Gasteiger partial charge in [-0.3, -0.25) is 0 Å². The van der Waals surface area contributed by atoms with Crippen LogP contribution in [-0.4, -0.2) is 19.0 Å². The SMILES string of the molecule is CCc1cccc2c1C=Cc1ccccc1C2N=C1NCCN1.I. The number of guanidine groups is 1. The minimum atomic E-state index is 0. The molecule has 0 spiro atoms. The maximum Gasteiger partial charge on any atom is 0.192 e. The maximum atomic E-state index is 5.01. The van der Waals surface area contributed by atoms with Crippen molar-refractivity contribution >= 4 is 42.1 Å². The first-order valence-electron chi connectivity index (χ1n) is 8.31. The molecule has 1 saturated heterocycles. The monoisotopic (exact) mass is 431 g/mol. The smallest absolute Gasteiger partial charge is 0.192 e. The molecule has 1 fully saturated rings. The summed E-state index contributed by atoms with van der Waals surface area (Å²) in [5.74, 6) is 0.902. The van der Waals surface area contributed by atoms with Crippen LogP contribution in [0.3, 0.4) is 0 Å². The molecule has 0 bridgehead atoms. The van der Waals surface area contributed by atoms with Crippen LogP contribution < -0.4 is 10.6 Å². The van der Waals surface area contributed by atoms with E-state index < -0.39 is 0 Å². The van der Waals surface area contributed by atoms with Crippen molar-refractivity contribution in [1.82, 2.24) is 10.6 Å². The van der Waals surface area contributed by atoms with E-state index in [1.165, 1.54) is 27.8 Å². The molecule has 3 nitrogen and oxygen atoms in total. The van der Waals surface area contributed by atoms with Crippen molar-refractivity contribution in [2.75, 3.05) is 13.1 Å². The summed E-state index contributed by atoms with van der Waals surface area (Å²) < 4.78 is 0. The number of aliphatic imine (C=N–C) groups is 1. The van der Waals surface area contributed by atoms with Crippen LogP contribution in [0, 0.1) is 0 Å². The summed E-state index contributed by atoms with van der Waals surface area (Å²) in [5.41, 5.74) is 6.49. The quantitative estimate of drug-likeness (QED) is 0.706. The third-order valence-corrected chi connectivity index (χ3v) is 4.59. The Morgan fingerprint density at radius 2 is 1.71 bits per heavy atom. The van der Waals surface area contributed by atoms with Crippen LogP contribution in [0.15, 0.2) is 47.5 Å². The van der Waals surface area contributed by atoms with Gasteiger partial charge in [0.2, 0.25) is 0 Å². The van der Waals surface area contributed by atoms with Gasteiger partial charge in [0.1, 0.15) is 6.04 Å². The van der Waals surface area contributed by atoms with Crippen molar-refractivity contribution < 1.29 is 0 Å². The van der Waals surface area contributed by atoms with Gasteiger partial charge in [-0.1, -0.05) is 61.5 Å². The third kappa shape index (κ3) is 3.07. The minimum absolute atomic E-state index is 0. The van der Waals surface area contributed by atoms with E-state index in [0.717, 1.165) is 25.5 Å². The fraction of sp³-hybridized carbons (Fsp3) is 0.250. The number of fused-ring (bicyclic) bond motifs is 2. The van der Waals surface area contributed by atoms with Gasteiger partial charge in [-0.2, -0.15) is 0 Å². The molecule has 4 heteroatoms. The summed E-state index contributed by atoms with van der Waals surface area (Å²) in [6, 6.07) is 15.2. The fourth-order valence-electron chi connectivity index (χ4n) is 3.42. The van der Waals surface area contributed by atoms with Crippen molar-refractivity contribution in [3.8, 4) is 0 Å². The van der Waals surface area contributed by atoms with Gasteiger partial charge >= 0.3 is 0 Å². The maximum absolute atomic E-state index is 5.01. The predicted octanol–water partition coefficient (Wildman–Crippen LogP) is 3.99. The Bertz CT molecular complexity index is 787. The van der Waals surface area contributed by atoms with Crippen LogP contribution in [0.5, 0.6) is 0 Å². The van der Waals surface area contributed by atoms with Crippen LogP contribution in [-0.2, 0) is 6.42 Å². The first-order valence-corrected chi connectivity index (χ1v) is 8.31. The number of nitrogens with one attached hydrogen (secondary N) is 2. The van der Waals surface area contributed by atoms with Gasteiger partial charge in [0.25, 0.3) is 0 Å². The molecule has 0 aromatic heterocycles. The van der Waals surface area contributed by atoms with Gasteiger partial charge in [0.15, 0.2) is 5.96 Å². The molecule has 2 aromatic rings. The lowest BCUT2D eigenvalue weighted by Crippen LogP contribution is -2.25. The number of nitrogens with zero attached hydrogens (tertiary/aromatic N) is 1. The Morgan fingerprint density at radius 3 is 2.50 bits per heavy atom. The molecule has 4 rings (SSSR count). The number of hydrogen-bond acceptors (Lipinski definition) is 1. The molecule has 2 aliphatic rings. The number of benzene rings is 2. The largest absolute Gasteiger partial charge is 0.355 e. The van der Waals surface area contributed by atoms with Gasteiger partial charge in [0.05, 0.1) is 0 Å². The molecule has 1 aliphatic heterocycles. The van der Waals surface area contributed by atoms with Gasteiger partial charge in [-0.05, 0) is 34.2 Å². The molecule has 1 aliphatic carbocycles. The van der Waals surface area contributed by atoms with Gasteiger partial charge in [0, 0.05) is 13.1 Å². The Kier molecular flexibility index (Phi) is 5.23. The first kappa shape index (κ1) is 17.0. The van der Waals surface area contributed by atoms with Crippen LogP contribution in [0.2, 0.25) is 0 Å². The average molecular weight is 431 g/mol. The molecule has 0 radical (unpaired) electrons. The Morgan fingerprint density at radius 1 is 0.958 bits per heavy atom. The molecule has 2 N–H and O–H groups in total. The van der Waals surface area contributed by atoms with E-state index in [-0.39, 0.29) is 30.0 Å². The van der Waals surface area contributed by atoms with Gasteiger partial charge in [-0.15, -0.1) is 24.0 Å². The van der Waals surface area contributed by atoms with Gasteiger partial charge in [-0.25, -0.2) is 4.99 Å². The van der Waals surface area contributed by atoms with Crippen LogP contribution in [0.25, 0.3) is 12.2 Å². The van der Waals surface area contributed by atoms with E-state index in [9.17, 15) is 0 Å². The average Bonchev–Trinajstić information content (AvgIpc) is 3.05. The Hall–Kier alpha value is -1.82. The molecule has 1 unspecified atom stereocenters. The van der Waals surface area contributed by atoms with E-state index >= 15 is 0 Å². The first-order chi connectivity index (χ1) is 11.4. The molecular weight excluding hydrogens is 409 g/mol. The molecule has 2 aromatic carbocycles.